The van der Waals surface area contributed by atoms with Crippen molar-refractivity contribution in [3.8, 4) is 5.75 Å². The number of aromatic nitrogens is 2. The lowest BCUT2D eigenvalue weighted by Gasteiger charge is -2.09. The van der Waals surface area contributed by atoms with Gasteiger partial charge in [-0.05, 0) is 26.0 Å². The van der Waals surface area contributed by atoms with Crippen LogP contribution in [-0.4, -0.2) is 41.0 Å². The molecule has 2 aromatic rings. The predicted molar refractivity (Wildman–Crippen MR) is 98.7 cm³/mol. The SMILES string of the molecule is CCNC(=O)NC(=O)[C@@H](C)Sc1nnc(Nc2cccc(OC)c2)s1. The van der Waals surface area contributed by atoms with Crippen LogP contribution in [0.15, 0.2) is 28.6 Å². The van der Waals surface area contributed by atoms with E-state index in [-0.39, 0.29) is 5.91 Å². The van der Waals surface area contributed by atoms with E-state index in [0.717, 1.165) is 11.4 Å². The van der Waals surface area contributed by atoms with Gasteiger partial charge >= 0.3 is 6.03 Å². The fourth-order valence-corrected chi connectivity index (χ4v) is 3.67. The van der Waals surface area contributed by atoms with Crippen LogP contribution in [0.2, 0.25) is 0 Å². The van der Waals surface area contributed by atoms with Gasteiger partial charge in [0.05, 0.1) is 12.4 Å². The quantitative estimate of drug-likeness (QED) is 0.633. The minimum atomic E-state index is -0.502. The lowest BCUT2D eigenvalue weighted by atomic mass is 10.3. The van der Waals surface area contributed by atoms with E-state index < -0.39 is 11.3 Å². The molecule has 10 heteroatoms. The van der Waals surface area contributed by atoms with Crippen molar-refractivity contribution in [2.24, 2.45) is 0 Å². The Bertz CT molecular complexity index is 737. The van der Waals surface area contributed by atoms with Gasteiger partial charge in [-0.25, -0.2) is 4.79 Å². The first kappa shape index (κ1) is 19.0. The summed E-state index contributed by atoms with van der Waals surface area (Å²) in [5.41, 5.74) is 0.828. The van der Waals surface area contributed by atoms with Gasteiger partial charge in [0.2, 0.25) is 11.0 Å². The molecule has 1 heterocycles. The summed E-state index contributed by atoms with van der Waals surface area (Å²) in [5.74, 6) is 0.355. The zero-order valence-electron chi connectivity index (χ0n) is 14.0. The lowest BCUT2D eigenvalue weighted by Crippen LogP contribution is -2.42. The smallest absolute Gasteiger partial charge is 0.321 e. The van der Waals surface area contributed by atoms with E-state index in [0.29, 0.717) is 16.0 Å². The van der Waals surface area contributed by atoms with Crippen LogP contribution in [0.1, 0.15) is 13.8 Å². The number of anilines is 2. The number of rotatable bonds is 7. The molecule has 0 radical (unpaired) electrons. The predicted octanol–water partition coefficient (Wildman–Crippen LogP) is 2.62. The first-order valence-corrected chi connectivity index (χ1v) is 9.21. The monoisotopic (exact) mass is 381 g/mol. The molecule has 8 nitrogen and oxygen atoms in total. The van der Waals surface area contributed by atoms with Crippen LogP contribution in [-0.2, 0) is 4.79 Å². The Kier molecular flexibility index (Phi) is 7.02. The van der Waals surface area contributed by atoms with Gasteiger partial charge in [-0.15, -0.1) is 10.2 Å². The molecule has 3 N–H and O–H groups in total. The van der Waals surface area contributed by atoms with Gasteiger partial charge in [-0.3, -0.25) is 10.1 Å². The standard InChI is InChI=1S/C15H19N5O3S2/c1-4-16-13(22)18-12(21)9(2)24-15-20-19-14(25-15)17-10-6-5-7-11(8-10)23-3/h5-9H,4H2,1-3H3,(H,17,19)(H2,16,18,21,22)/t9-/m1/s1. The number of amides is 3. The van der Waals surface area contributed by atoms with Crippen LogP contribution in [0.4, 0.5) is 15.6 Å². The zero-order chi connectivity index (χ0) is 18.2. The average molecular weight is 381 g/mol. The second-order valence-electron chi connectivity index (χ2n) is 4.84. The molecule has 0 spiro atoms. The molecule has 0 saturated carbocycles. The molecular weight excluding hydrogens is 362 g/mol. The number of thioether (sulfide) groups is 1. The van der Waals surface area contributed by atoms with Crippen LogP contribution >= 0.6 is 23.1 Å². The molecule has 1 atom stereocenters. The maximum atomic E-state index is 11.9. The van der Waals surface area contributed by atoms with Crippen LogP contribution in [0.25, 0.3) is 0 Å². The van der Waals surface area contributed by atoms with E-state index in [9.17, 15) is 9.59 Å². The van der Waals surface area contributed by atoms with Crippen molar-refractivity contribution < 1.29 is 14.3 Å². The molecular formula is C15H19N5O3S2. The molecule has 3 amide bonds. The molecule has 0 unspecified atom stereocenters. The van der Waals surface area contributed by atoms with Crippen molar-refractivity contribution in [1.29, 1.82) is 0 Å². The van der Waals surface area contributed by atoms with Crippen molar-refractivity contribution in [2.75, 3.05) is 19.0 Å². The van der Waals surface area contributed by atoms with E-state index in [1.165, 1.54) is 23.1 Å². The third-order valence-corrected chi connectivity index (χ3v) is 4.97. The second-order valence-corrected chi connectivity index (χ2v) is 7.40. The summed E-state index contributed by atoms with van der Waals surface area (Å²) in [7, 11) is 1.60. The van der Waals surface area contributed by atoms with E-state index in [1.54, 1.807) is 21.0 Å². The van der Waals surface area contributed by atoms with Crippen molar-refractivity contribution in [2.45, 2.75) is 23.4 Å². The Balaban J connectivity index is 1.92. The maximum Gasteiger partial charge on any atom is 0.321 e. The summed E-state index contributed by atoms with van der Waals surface area (Å²) in [6.45, 7) is 3.94. The third-order valence-electron chi connectivity index (χ3n) is 2.95. The molecule has 0 bridgehead atoms. The van der Waals surface area contributed by atoms with E-state index in [1.807, 2.05) is 24.3 Å². The van der Waals surface area contributed by atoms with Crippen LogP contribution in [0, 0.1) is 0 Å². The number of nitrogens with zero attached hydrogens (tertiary/aromatic N) is 2. The van der Waals surface area contributed by atoms with Gasteiger partial charge in [-0.2, -0.15) is 0 Å². The first-order valence-electron chi connectivity index (χ1n) is 7.51. The van der Waals surface area contributed by atoms with Gasteiger partial charge in [0.1, 0.15) is 5.75 Å². The largest absolute Gasteiger partial charge is 0.497 e. The van der Waals surface area contributed by atoms with Crippen molar-refractivity contribution in [3.63, 3.8) is 0 Å². The molecule has 0 aliphatic carbocycles. The number of hydrogen-bond acceptors (Lipinski definition) is 8. The topological polar surface area (TPSA) is 105 Å². The molecule has 2 rings (SSSR count). The Hall–Kier alpha value is -2.33. The molecule has 25 heavy (non-hydrogen) atoms. The molecule has 1 aromatic carbocycles. The van der Waals surface area contributed by atoms with Crippen LogP contribution in [0.5, 0.6) is 5.75 Å². The van der Waals surface area contributed by atoms with Gasteiger partial charge < -0.3 is 15.4 Å². The lowest BCUT2D eigenvalue weighted by molar-refractivity contribution is -0.119. The van der Waals surface area contributed by atoms with Gasteiger partial charge in [-0.1, -0.05) is 29.2 Å². The summed E-state index contributed by atoms with van der Waals surface area (Å²) < 4.78 is 5.80. The molecule has 0 aliphatic heterocycles. The molecule has 0 aliphatic rings. The minimum Gasteiger partial charge on any atom is -0.497 e. The highest BCUT2D eigenvalue weighted by Gasteiger charge is 2.19. The summed E-state index contributed by atoms with van der Waals surface area (Å²) >= 11 is 2.56. The molecule has 0 saturated heterocycles. The van der Waals surface area contributed by atoms with Crippen molar-refractivity contribution in [1.82, 2.24) is 20.8 Å². The number of nitrogens with one attached hydrogen (secondary N) is 3. The van der Waals surface area contributed by atoms with Crippen molar-refractivity contribution >= 4 is 45.9 Å². The van der Waals surface area contributed by atoms with Gasteiger partial charge in [0.25, 0.3) is 0 Å². The highest BCUT2D eigenvalue weighted by atomic mass is 32.2. The second kappa shape index (κ2) is 9.23. The number of methoxy groups -OCH3 is 1. The normalized spacial score (nSPS) is 11.5. The number of hydrogen-bond donors (Lipinski definition) is 3. The fourth-order valence-electron chi connectivity index (χ4n) is 1.76. The number of benzene rings is 1. The number of carbonyl (C=O) groups excluding carboxylic acids is 2. The fraction of sp³-hybridized carbons (Fsp3) is 0.333. The van der Waals surface area contributed by atoms with Crippen LogP contribution in [0.3, 0.4) is 0 Å². The first-order chi connectivity index (χ1) is 12.0. The Morgan fingerprint density at radius 1 is 1.36 bits per heavy atom. The average Bonchev–Trinajstić information content (AvgIpc) is 3.02. The third kappa shape index (κ3) is 5.91. The maximum absolute atomic E-state index is 11.9. The highest BCUT2D eigenvalue weighted by Crippen LogP contribution is 2.31. The minimum absolute atomic E-state index is 0.381. The number of urea groups is 1. The van der Waals surface area contributed by atoms with Gasteiger partial charge in [0.15, 0.2) is 4.34 Å². The zero-order valence-corrected chi connectivity index (χ0v) is 15.7. The van der Waals surface area contributed by atoms with E-state index in [2.05, 4.69) is 26.1 Å². The van der Waals surface area contributed by atoms with Crippen LogP contribution < -0.4 is 20.7 Å². The van der Waals surface area contributed by atoms with Crippen molar-refractivity contribution in [3.05, 3.63) is 24.3 Å². The Labute approximate surface area is 153 Å². The number of imide groups is 1. The summed E-state index contributed by atoms with van der Waals surface area (Å²) in [5, 5.41) is 16.2. The molecule has 134 valence electrons. The summed E-state index contributed by atoms with van der Waals surface area (Å²) in [6.07, 6.45) is 0. The Morgan fingerprint density at radius 2 is 2.16 bits per heavy atom. The molecule has 1 aromatic heterocycles. The number of carbonyl (C=O) groups is 2. The van der Waals surface area contributed by atoms with Gasteiger partial charge in [0, 0.05) is 18.3 Å². The number of ether oxygens (including phenoxy) is 1. The highest BCUT2D eigenvalue weighted by molar-refractivity contribution is 8.02. The summed E-state index contributed by atoms with van der Waals surface area (Å²) in [4.78, 5) is 23.3. The van der Waals surface area contributed by atoms with E-state index >= 15 is 0 Å². The van der Waals surface area contributed by atoms with E-state index in [4.69, 9.17) is 4.74 Å². The molecule has 0 fully saturated rings. The Morgan fingerprint density at radius 3 is 2.88 bits per heavy atom. The summed E-state index contributed by atoms with van der Waals surface area (Å²) in [6, 6.07) is 6.95.